The minimum Gasteiger partial charge on any atom is -0.423 e. The molecule has 4 aromatic rings. The number of morpholine rings is 1. The number of carbonyl (C=O) groups excluding carboxylic acids is 1. The third kappa shape index (κ3) is 6.81. The zero-order chi connectivity index (χ0) is 26.2. The molecule has 11 heteroatoms. The zero-order valence-electron chi connectivity index (χ0n) is 20.3. The lowest BCUT2D eigenvalue weighted by molar-refractivity contribution is 0.0733. The number of halogens is 1. The normalized spacial score (nSPS) is 13.3. The van der Waals surface area contributed by atoms with Gasteiger partial charge >= 0.3 is 5.97 Å². The van der Waals surface area contributed by atoms with E-state index < -0.39 is 5.97 Å². The molecule has 3 aromatic carbocycles. The molecule has 0 amide bonds. The average Bonchev–Trinajstić information content (AvgIpc) is 2.95. The van der Waals surface area contributed by atoms with E-state index in [0.717, 1.165) is 14.8 Å². The van der Waals surface area contributed by atoms with Crippen LogP contribution in [-0.4, -0.2) is 53.4 Å². The van der Waals surface area contributed by atoms with Gasteiger partial charge in [-0.25, -0.2) is 10.2 Å². The minimum atomic E-state index is -0.399. The number of aromatic nitrogens is 3. The third-order valence-electron chi connectivity index (χ3n) is 5.51. The fourth-order valence-corrected chi connectivity index (χ4v) is 4.21. The summed E-state index contributed by atoms with van der Waals surface area (Å²) in [6.45, 7) is 2.61. The molecule has 0 bridgehead atoms. The van der Waals surface area contributed by atoms with E-state index in [1.54, 1.807) is 36.5 Å². The van der Waals surface area contributed by atoms with Gasteiger partial charge in [0.1, 0.15) is 5.75 Å². The van der Waals surface area contributed by atoms with Crippen LogP contribution in [0.25, 0.3) is 0 Å². The molecule has 0 radical (unpaired) electrons. The van der Waals surface area contributed by atoms with Crippen LogP contribution in [0.4, 0.5) is 23.5 Å². The topological polar surface area (TPSA) is 114 Å². The monoisotopic (exact) mass is 621 g/mol. The summed E-state index contributed by atoms with van der Waals surface area (Å²) in [5.74, 6) is 1.30. The predicted molar refractivity (Wildman–Crippen MR) is 154 cm³/mol. The van der Waals surface area contributed by atoms with E-state index in [4.69, 9.17) is 9.47 Å². The highest BCUT2D eigenvalue weighted by atomic mass is 127. The second kappa shape index (κ2) is 12.4. The highest BCUT2D eigenvalue weighted by Gasteiger charge is 2.17. The lowest BCUT2D eigenvalue weighted by atomic mass is 10.2. The fraction of sp³-hybridized carbons (Fsp3) is 0.148. The van der Waals surface area contributed by atoms with Gasteiger partial charge in [0.15, 0.2) is 0 Å². The van der Waals surface area contributed by atoms with Crippen molar-refractivity contribution in [3.05, 3.63) is 93.6 Å². The fourth-order valence-electron chi connectivity index (χ4n) is 3.60. The summed E-state index contributed by atoms with van der Waals surface area (Å²) in [6.07, 6.45) is 1.63. The highest BCUT2D eigenvalue weighted by Crippen LogP contribution is 2.19. The van der Waals surface area contributed by atoms with Gasteiger partial charge in [0, 0.05) is 22.3 Å². The number of nitrogens with zero attached hydrogens (tertiary/aromatic N) is 5. The van der Waals surface area contributed by atoms with Crippen molar-refractivity contribution in [2.45, 2.75) is 0 Å². The van der Waals surface area contributed by atoms with Crippen LogP contribution in [-0.2, 0) is 4.74 Å². The first-order valence-electron chi connectivity index (χ1n) is 11.9. The molecular formula is C27H24IN7O3. The van der Waals surface area contributed by atoms with Crippen LogP contribution in [0.3, 0.4) is 0 Å². The van der Waals surface area contributed by atoms with Gasteiger partial charge in [0.05, 0.1) is 25.0 Å². The Kier molecular flexibility index (Phi) is 8.36. The SMILES string of the molecule is O=C(Oc1ccc(/C=N\Nc2nc(Nc3ccccc3)nc(N3CCOCC3)n2)cc1)c1ccccc1I. The second-order valence-electron chi connectivity index (χ2n) is 8.18. The number of benzene rings is 3. The summed E-state index contributed by atoms with van der Waals surface area (Å²) >= 11 is 2.11. The molecule has 38 heavy (non-hydrogen) atoms. The highest BCUT2D eigenvalue weighted by molar-refractivity contribution is 14.1. The van der Waals surface area contributed by atoms with Crippen molar-refractivity contribution >= 4 is 58.3 Å². The molecule has 1 aliphatic heterocycles. The van der Waals surface area contributed by atoms with Crippen molar-refractivity contribution in [3.8, 4) is 5.75 Å². The van der Waals surface area contributed by atoms with Crippen molar-refractivity contribution < 1.29 is 14.3 Å². The molecule has 5 rings (SSSR count). The summed E-state index contributed by atoms with van der Waals surface area (Å²) < 4.78 is 11.8. The van der Waals surface area contributed by atoms with Gasteiger partial charge in [-0.15, -0.1) is 0 Å². The Labute approximate surface area is 233 Å². The van der Waals surface area contributed by atoms with Crippen LogP contribution in [0.15, 0.2) is 84.0 Å². The van der Waals surface area contributed by atoms with E-state index in [1.165, 1.54) is 0 Å². The minimum absolute atomic E-state index is 0.305. The average molecular weight is 621 g/mol. The van der Waals surface area contributed by atoms with E-state index >= 15 is 0 Å². The summed E-state index contributed by atoms with van der Waals surface area (Å²) in [5.41, 5.74) is 5.09. The molecular weight excluding hydrogens is 597 g/mol. The number of hydrogen-bond donors (Lipinski definition) is 2. The first-order valence-corrected chi connectivity index (χ1v) is 13.0. The van der Waals surface area contributed by atoms with Gasteiger partial charge < -0.3 is 19.7 Å². The number of hydrogen-bond acceptors (Lipinski definition) is 10. The molecule has 0 aliphatic carbocycles. The first kappa shape index (κ1) is 25.5. The maximum atomic E-state index is 12.4. The molecule has 10 nitrogen and oxygen atoms in total. The number of ether oxygens (including phenoxy) is 2. The number of hydrazone groups is 1. The van der Waals surface area contributed by atoms with Gasteiger partial charge in [-0.1, -0.05) is 30.3 Å². The Morgan fingerprint density at radius 2 is 1.63 bits per heavy atom. The maximum Gasteiger partial charge on any atom is 0.344 e. The molecule has 2 N–H and O–H groups in total. The molecule has 2 heterocycles. The molecule has 0 spiro atoms. The Balaban J connectivity index is 1.26. The van der Waals surface area contributed by atoms with E-state index in [1.807, 2.05) is 53.4 Å². The number of anilines is 4. The Morgan fingerprint density at radius 3 is 2.39 bits per heavy atom. The van der Waals surface area contributed by atoms with Crippen LogP contribution in [0.2, 0.25) is 0 Å². The van der Waals surface area contributed by atoms with Crippen molar-refractivity contribution in [2.24, 2.45) is 5.10 Å². The van der Waals surface area contributed by atoms with E-state index in [0.29, 0.717) is 55.5 Å². The van der Waals surface area contributed by atoms with Crippen molar-refractivity contribution in [1.29, 1.82) is 0 Å². The van der Waals surface area contributed by atoms with Gasteiger partial charge in [0.25, 0.3) is 0 Å². The number of esters is 1. The Bertz CT molecular complexity index is 1410. The summed E-state index contributed by atoms with van der Waals surface area (Å²) in [7, 11) is 0. The smallest absolute Gasteiger partial charge is 0.344 e. The van der Waals surface area contributed by atoms with E-state index in [2.05, 4.69) is 53.4 Å². The standard InChI is InChI=1S/C27H24IN7O3/c28-23-9-5-4-8-22(23)24(36)38-21-12-10-19(11-13-21)18-29-34-26-31-25(30-20-6-2-1-3-7-20)32-27(33-26)35-14-16-37-17-15-35/h1-13,18H,14-17H2,(H2,30,31,32,33,34)/b29-18-. The number of rotatable bonds is 8. The lowest BCUT2D eigenvalue weighted by Gasteiger charge is -2.27. The van der Waals surface area contributed by atoms with Crippen LogP contribution in [0.5, 0.6) is 5.75 Å². The van der Waals surface area contributed by atoms with Crippen LogP contribution >= 0.6 is 22.6 Å². The van der Waals surface area contributed by atoms with Gasteiger partial charge in [-0.3, -0.25) is 0 Å². The summed E-state index contributed by atoms with van der Waals surface area (Å²) in [4.78, 5) is 28.1. The predicted octanol–water partition coefficient (Wildman–Crippen LogP) is 4.72. The molecule has 1 saturated heterocycles. The Hall–Kier alpha value is -4.10. The molecule has 1 fully saturated rings. The van der Waals surface area contributed by atoms with Gasteiger partial charge in [-0.2, -0.15) is 20.1 Å². The number of nitrogens with one attached hydrogen (secondary N) is 2. The molecule has 0 unspecified atom stereocenters. The Morgan fingerprint density at radius 1 is 0.921 bits per heavy atom. The molecule has 1 aliphatic rings. The number of para-hydroxylation sites is 1. The molecule has 0 atom stereocenters. The third-order valence-corrected chi connectivity index (χ3v) is 6.45. The second-order valence-corrected chi connectivity index (χ2v) is 9.34. The van der Waals surface area contributed by atoms with Crippen molar-refractivity contribution in [1.82, 2.24) is 15.0 Å². The van der Waals surface area contributed by atoms with Crippen molar-refractivity contribution in [3.63, 3.8) is 0 Å². The van der Waals surface area contributed by atoms with Crippen molar-refractivity contribution in [2.75, 3.05) is 41.9 Å². The quantitative estimate of drug-likeness (QED) is 0.0949. The number of carbonyl (C=O) groups is 1. The molecule has 192 valence electrons. The van der Waals surface area contributed by atoms with Crippen LogP contribution in [0.1, 0.15) is 15.9 Å². The van der Waals surface area contributed by atoms with Crippen LogP contribution < -0.4 is 20.4 Å². The summed E-state index contributed by atoms with van der Waals surface area (Å²) in [6, 6.07) is 24.0. The van der Waals surface area contributed by atoms with Gasteiger partial charge in [-0.05, 0) is 76.7 Å². The van der Waals surface area contributed by atoms with Crippen LogP contribution in [0, 0.1) is 3.57 Å². The van der Waals surface area contributed by atoms with Gasteiger partial charge in [0.2, 0.25) is 17.8 Å². The van der Waals surface area contributed by atoms with E-state index in [9.17, 15) is 4.79 Å². The maximum absolute atomic E-state index is 12.4. The largest absolute Gasteiger partial charge is 0.423 e. The zero-order valence-corrected chi connectivity index (χ0v) is 22.4. The molecule has 1 aromatic heterocycles. The molecule has 0 saturated carbocycles. The first-order chi connectivity index (χ1) is 18.6. The van der Waals surface area contributed by atoms with E-state index in [-0.39, 0.29) is 0 Å². The lowest BCUT2D eigenvalue weighted by Crippen LogP contribution is -2.37. The summed E-state index contributed by atoms with van der Waals surface area (Å²) in [5, 5.41) is 7.50.